The fourth-order valence-corrected chi connectivity index (χ4v) is 3.48. The molecule has 1 aromatic heterocycles. The van der Waals surface area contributed by atoms with Crippen LogP contribution in [0.2, 0.25) is 0 Å². The lowest BCUT2D eigenvalue weighted by Crippen LogP contribution is -2.32. The molecule has 0 saturated carbocycles. The summed E-state index contributed by atoms with van der Waals surface area (Å²) >= 11 is 0. The first kappa shape index (κ1) is 19.1. The second-order valence-corrected chi connectivity index (χ2v) is 7.13. The normalized spacial score (nSPS) is 12.1. The third kappa shape index (κ3) is 5.16. The van der Waals surface area contributed by atoms with Crippen molar-refractivity contribution in [2.75, 3.05) is 13.3 Å². The van der Waals surface area contributed by atoms with E-state index < -0.39 is 0 Å². The molecule has 0 aliphatic carbocycles. The number of ether oxygens (including phenoxy) is 2. The van der Waals surface area contributed by atoms with Gasteiger partial charge < -0.3 is 19.4 Å². The van der Waals surface area contributed by atoms with Gasteiger partial charge in [-0.3, -0.25) is 4.79 Å². The van der Waals surface area contributed by atoms with Crippen molar-refractivity contribution in [2.45, 2.75) is 32.2 Å². The first-order valence-electron chi connectivity index (χ1n) is 9.96. The highest BCUT2D eigenvalue weighted by molar-refractivity contribution is 5.76. The molecule has 1 aliphatic rings. The first-order valence-corrected chi connectivity index (χ1v) is 9.96. The summed E-state index contributed by atoms with van der Waals surface area (Å²) in [6.45, 7) is 1.47. The number of hydrogen-bond donors (Lipinski definition) is 1. The number of hydrogen-bond acceptors (Lipinski definition) is 4. The third-order valence-electron chi connectivity index (χ3n) is 5.05. The number of nitrogens with zero attached hydrogens (tertiary/aromatic N) is 2. The average molecular weight is 391 g/mol. The maximum atomic E-state index is 12.9. The number of fused-ring (bicyclic) bond motifs is 1. The summed E-state index contributed by atoms with van der Waals surface area (Å²) < 4.78 is 10.8. The molecular formula is C23H25N3O3. The van der Waals surface area contributed by atoms with Crippen molar-refractivity contribution in [3.05, 3.63) is 77.9 Å². The van der Waals surface area contributed by atoms with Crippen LogP contribution in [0.4, 0.5) is 0 Å². The predicted octanol–water partition coefficient (Wildman–Crippen LogP) is 3.73. The number of H-pyrrole nitrogens is 1. The number of aryl methyl sites for hydroxylation is 2. The topological polar surface area (TPSA) is 67.5 Å². The van der Waals surface area contributed by atoms with Gasteiger partial charge >= 0.3 is 0 Å². The summed E-state index contributed by atoms with van der Waals surface area (Å²) in [7, 11) is 0. The number of carbonyl (C=O) groups is 1. The predicted molar refractivity (Wildman–Crippen MR) is 110 cm³/mol. The van der Waals surface area contributed by atoms with Crippen molar-refractivity contribution in [1.82, 2.24) is 14.9 Å². The van der Waals surface area contributed by atoms with E-state index in [1.807, 2.05) is 41.3 Å². The van der Waals surface area contributed by atoms with Crippen LogP contribution in [-0.4, -0.2) is 34.1 Å². The molecule has 6 heteroatoms. The molecule has 0 spiro atoms. The summed E-state index contributed by atoms with van der Waals surface area (Å²) in [6, 6.07) is 16.2. The Morgan fingerprint density at radius 3 is 2.72 bits per heavy atom. The van der Waals surface area contributed by atoms with Gasteiger partial charge in [0.05, 0.1) is 6.54 Å². The molecule has 2 aromatic carbocycles. The largest absolute Gasteiger partial charge is 0.454 e. The number of aromatic amines is 1. The van der Waals surface area contributed by atoms with Gasteiger partial charge in [0.2, 0.25) is 12.7 Å². The number of rotatable bonds is 9. The monoisotopic (exact) mass is 391 g/mol. The van der Waals surface area contributed by atoms with Crippen LogP contribution in [-0.2, 0) is 24.2 Å². The van der Waals surface area contributed by atoms with Crippen molar-refractivity contribution in [3.8, 4) is 11.5 Å². The van der Waals surface area contributed by atoms with E-state index in [0.29, 0.717) is 25.9 Å². The average Bonchev–Trinajstić information content (AvgIpc) is 3.43. The Hall–Kier alpha value is -3.28. The second kappa shape index (κ2) is 9.28. The van der Waals surface area contributed by atoms with Gasteiger partial charge in [-0.25, -0.2) is 4.98 Å². The summed E-state index contributed by atoms with van der Waals surface area (Å²) in [4.78, 5) is 22.2. The van der Waals surface area contributed by atoms with Crippen LogP contribution in [0.5, 0.6) is 11.5 Å². The zero-order valence-electron chi connectivity index (χ0n) is 16.3. The lowest BCUT2D eigenvalue weighted by Gasteiger charge is -2.22. The van der Waals surface area contributed by atoms with Crippen molar-refractivity contribution in [3.63, 3.8) is 0 Å². The lowest BCUT2D eigenvalue weighted by molar-refractivity contribution is -0.132. The van der Waals surface area contributed by atoms with Crippen LogP contribution in [0.1, 0.15) is 29.8 Å². The van der Waals surface area contributed by atoms with Gasteiger partial charge in [0, 0.05) is 25.4 Å². The summed E-state index contributed by atoms with van der Waals surface area (Å²) in [5, 5.41) is 0. The number of nitrogens with one attached hydrogen (secondary N) is 1. The molecule has 150 valence electrons. The maximum Gasteiger partial charge on any atom is 0.231 e. The van der Waals surface area contributed by atoms with Gasteiger partial charge in [0.25, 0.3) is 0 Å². The van der Waals surface area contributed by atoms with Crippen LogP contribution in [0.15, 0.2) is 60.9 Å². The lowest BCUT2D eigenvalue weighted by atomic mass is 10.1. The SMILES string of the molecule is O=C(CCc1ccc2c(c1)OCO2)N(CCCc1ccccc1)Cc1ncc[nH]1. The van der Waals surface area contributed by atoms with Gasteiger partial charge in [-0.1, -0.05) is 36.4 Å². The Morgan fingerprint density at radius 2 is 1.90 bits per heavy atom. The minimum Gasteiger partial charge on any atom is -0.454 e. The van der Waals surface area contributed by atoms with E-state index in [9.17, 15) is 4.79 Å². The van der Waals surface area contributed by atoms with Crippen LogP contribution in [0, 0.1) is 0 Å². The quantitative estimate of drug-likeness (QED) is 0.603. The molecule has 0 saturated heterocycles. The Balaban J connectivity index is 1.34. The van der Waals surface area contributed by atoms with E-state index in [4.69, 9.17) is 9.47 Å². The standard InChI is InChI=1S/C23H25N3O3/c27-23(11-9-19-8-10-20-21(15-19)29-17-28-20)26(16-22-24-12-13-25-22)14-4-7-18-5-2-1-3-6-18/h1-3,5-6,8,10,12-13,15H,4,7,9,11,14,16-17H2,(H,24,25). The minimum absolute atomic E-state index is 0.132. The number of imidazole rings is 1. The number of benzene rings is 2. The minimum atomic E-state index is 0.132. The smallest absolute Gasteiger partial charge is 0.231 e. The molecule has 0 fully saturated rings. The Morgan fingerprint density at radius 1 is 1.03 bits per heavy atom. The summed E-state index contributed by atoms with van der Waals surface area (Å²) in [5.74, 6) is 2.46. The molecule has 29 heavy (non-hydrogen) atoms. The van der Waals surface area contributed by atoms with Gasteiger partial charge in [-0.05, 0) is 42.5 Å². The van der Waals surface area contributed by atoms with Crippen LogP contribution >= 0.6 is 0 Å². The first-order chi connectivity index (χ1) is 14.3. The molecule has 0 atom stereocenters. The molecule has 0 bridgehead atoms. The third-order valence-corrected chi connectivity index (χ3v) is 5.05. The molecule has 1 aliphatic heterocycles. The molecule has 6 nitrogen and oxygen atoms in total. The molecule has 1 amide bonds. The molecule has 3 aromatic rings. The van der Waals surface area contributed by atoms with Crippen molar-refractivity contribution in [1.29, 1.82) is 0 Å². The summed E-state index contributed by atoms with van der Waals surface area (Å²) in [6.07, 6.45) is 6.49. The van der Waals surface area contributed by atoms with E-state index in [1.54, 1.807) is 12.4 Å². The molecule has 4 rings (SSSR count). The fourth-order valence-electron chi connectivity index (χ4n) is 3.48. The molecule has 0 unspecified atom stereocenters. The molecular weight excluding hydrogens is 366 g/mol. The Kier molecular flexibility index (Phi) is 6.10. The van der Waals surface area contributed by atoms with Gasteiger partial charge in [0.15, 0.2) is 11.5 Å². The van der Waals surface area contributed by atoms with Gasteiger partial charge in [0.1, 0.15) is 5.82 Å². The zero-order valence-corrected chi connectivity index (χ0v) is 16.3. The van der Waals surface area contributed by atoms with E-state index in [-0.39, 0.29) is 12.7 Å². The van der Waals surface area contributed by atoms with Gasteiger partial charge in [-0.2, -0.15) is 0 Å². The highest BCUT2D eigenvalue weighted by atomic mass is 16.7. The van der Waals surface area contributed by atoms with E-state index in [2.05, 4.69) is 22.1 Å². The van der Waals surface area contributed by atoms with Crippen LogP contribution in [0.25, 0.3) is 0 Å². The maximum absolute atomic E-state index is 12.9. The molecule has 2 heterocycles. The highest BCUT2D eigenvalue weighted by Crippen LogP contribution is 2.32. The van der Waals surface area contributed by atoms with E-state index in [0.717, 1.165) is 35.7 Å². The van der Waals surface area contributed by atoms with Crippen LogP contribution in [0.3, 0.4) is 0 Å². The van der Waals surface area contributed by atoms with Crippen molar-refractivity contribution < 1.29 is 14.3 Å². The fraction of sp³-hybridized carbons (Fsp3) is 0.304. The number of amides is 1. The van der Waals surface area contributed by atoms with Crippen molar-refractivity contribution >= 4 is 5.91 Å². The Labute approximate surface area is 170 Å². The number of carbonyl (C=O) groups excluding carboxylic acids is 1. The van der Waals surface area contributed by atoms with Gasteiger partial charge in [-0.15, -0.1) is 0 Å². The molecule has 1 N–H and O–H groups in total. The second-order valence-electron chi connectivity index (χ2n) is 7.13. The van der Waals surface area contributed by atoms with E-state index in [1.165, 1.54) is 5.56 Å². The van der Waals surface area contributed by atoms with E-state index >= 15 is 0 Å². The summed E-state index contributed by atoms with van der Waals surface area (Å²) in [5.41, 5.74) is 2.36. The van der Waals surface area contributed by atoms with Crippen LogP contribution < -0.4 is 9.47 Å². The number of aromatic nitrogens is 2. The molecule has 0 radical (unpaired) electrons. The highest BCUT2D eigenvalue weighted by Gasteiger charge is 2.17. The zero-order chi connectivity index (χ0) is 19.9. The van der Waals surface area contributed by atoms with Crippen molar-refractivity contribution in [2.24, 2.45) is 0 Å². The Bertz CT molecular complexity index is 926.